The molecule has 0 saturated carbocycles. The molecule has 5 nitrogen and oxygen atoms in total. The Morgan fingerprint density at radius 3 is 2.40 bits per heavy atom. The molecule has 1 aromatic carbocycles. The molecule has 0 radical (unpaired) electrons. The second-order valence-electron chi connectivity index (χ2n) is 7.28. The van der Waals surface area contributed by atoms with Gasteiger partial charge in [0.1, 0.15) is 6.61 Å². The van der Waals surface area contributed by atoms with Crippen molar-refractivity contribution in [1.29, 1.82) is 0 Å². The van der Waals surface area contributed by atoms with E-state index in [0.717, 1.165) is 23.9 Å². The maximum atomic E-state index is 11.7. The number of carbonyl (C=O) groups is 1. The Labute approximate surface area is 151 Å². The van der Waals surface area contributed by atoms with Crippen LogP contribution in [-0.4, -0.2) is 50.8 Å². The van der Waals surface area contributed by atoms with E-state index in [1.165, 1.54) is 25.1 Å². The summed E-state index contributed by atoms with van der Waals surface area (Å²) < 4.78 is 10.1. The quantitative estimate of drug-likeness (QED) is 0.697. The lowest BCUT2D eigenvalue weighted by Gasteiger charge is -2.35. The first-order chi connectivity index (χ1) is 12.1. The monoisotopic (exact) mass is 348 g/mol. The lowest BCUT2D eigenvalue weighted by molar-refractivity contribution is -0.126. The molecular weight excluding hydrogens is 316 g/mol. The van der Waals surface area contributed by atoms with Gasteiger partial charge in [-0.05, 0) is 29.4 Å². The molecule has 1 amide bonds. The summed E-state index contributed by atoms with van der Waals surface area (Å²) in [4.78, 5) is 14.2. The molecule has 1 fully saturated rings. The number of hydrogen-bond acceptors (Lipinski definition) is 4. The van der Waals surface area contributed by atoms with E-state index in [4.69, 9.17) is 9.47 Å². The zero-order chi connectivity index (χ0) is 18.1. The van der Waals surface area contributed by atoms with Crippen LogP contribution in [0.15, 0.2) is 24.3 Å². The normalized spacial score (nSPS) is 21.2. The zero-order valence-corrected chi connectivity index (χ0v) is 15.8. The number of nitrogens with zero attached hydrogens (tertiary/aromatic N) is 1. The van der Waals surface area contributed by atoms with E-state index in [1.807, 2.05) is 0 Å². The summed E-state index contributed by atoms with van der Waals surface area (Å²) in [5.41, 5.74) is 2.44. The number of hydrogen-bond donors (Lipinski definition) is 1. The summed E-state index contributed by atoms with van der Waals surface area (Å²) >= 11 is 0. The Bertz CT molecular complexity index is 508. The molecule has 25 heavy (non-hydrogen) atoms. The number of carbonyl (C=O) groups excluding carboxylic acids is 1. The van der Waals surface area contributed by atoms with Crippen LogP contribution in [0.1, 0.15) is 31.4 Å². The third kappa shape index (κ3) is 7.55. The fourth-order valence-electron chi connectivity index (χ4n) is 3.50. The standard InChI is InChI=1S/C20H32N2O3/c1-16-10-17(2)13-22(12-16)14-19-6-4-18(5-7-19)11-21-20(23)15-25-9-8-24-3/h4-7,16-17H,8-15H2,1-3H3,(H,21,23)/t16-,17-/m0/s1. The van der Waals surface area contributed by atoms with Crippen molar-refractivity contribution >= 4 is 5.91 Å². The van der Waals surface area contributed by atoms with E-state index < -0.39 is 0 Å². The molecule has 1 aliphatic heterocycles. The van der Waals surface area contributed by atoms with Crippen molar-refractivity contribution in [2.75, 3.05) is 40.0 Å². The van der Waals surface area contributed by atoms with Gasteiger partial charge in [-0.2, -0.15) is 0 Å². The van der Waals surface area contributed by atoms with Crippen molar-refractivity contribution in [2.24, 2.45) is 11.8 Å². The molecule has 0 aliphatic carbocycles. The molecule has 0 bridgehead atoms. The van der Waals surface area contributed by atoms with Gasteiger partial charge in [-0.3, -0.25) is 9.69 Å². The smallest absolute Gasteiger partial charge is 0.246 e. The lowest BCUT2D eigenvalue weighted by atomic mass is 9.91. The van der Waals surface area contributed by atoms with Crippen molar-refractivity contribution in [3.8, 4) is 0 Å². The molecule has 2 atom stereocenters. The lowest BCUT2D eigenvalue weighted by Crippen LogP contribution is -2.38. The summed E-state index contributed by atoms with van der Waals surface area (Å²) in [6, 6.07) is 8.53. The van der Waals surface area contributed by atoms with Gasteiger partial charge < -0.3 is 14.8 Å². The number of nitrogens with one attached hydrogen (secondary N) is 1. The van der Waals surface area contributed by atoms with Gasteiger partial charge in [-0.1, -0.05) is 38.1 Å². The summed E-state index contributed by atoms with van der Waals surface area (Å²) in [7, 11) is 1.61. The van der Waals surface area contributed by atoms with Gasteiger partial charge in [0.2, 0.25) is 5.91 Å². The molecule has 1 aliphatic rings. The summed E-state index contributed by atoms with van der Waals surface area (Å²) in [5.74, 6) is 1.46. The highest BCUT2D eigenvalue weighted by atomic mass is 16.5. The van der Waals surface area contributed by atoms with Crippen LogP contribution in [0.2, 0.25) is 0 Å². The Kier molecular flexibility index (Phi) is 8.38. The SMILES string of the molecule is COCCOCC(=O)NCc1ccc(CN2C[C@@H](C)C[C@H](C)C2)cc1. The van der Waals surface area contributed by atoms with Crippen LogP contribution in [-0.2, 0) is 27.4 Å². The minimum absolute atomic E-state index is 0.0762. The molecule has 1 saturated heterocycles. The Morgan fingerprint density at radius 1 is 1.12 bits per heavy atom. The maximum Gasteiger partial charge on any atom is 0.246 e. The van der Waals surface area contributed by atoms with Crippen LogP contribution in [0, 0.1) is 11.8 Å². The van der Waals surface area contributed by atoms with Crippen LogP contribution in [0.25, 0.3) is 0 Å². The second kappa shape index (κ2) is 10.5. The highest BCUT2D eigenvalue weighted by molar-refractivity contribution is 5.77. The van der Waals surface area contributed by atoms with Gasteiger partial charge in [0.15, 0.2) is 0 Å². The number of benzene rings is 1. The van der Waals surface area contributed by atoms with Crippen LogP contribution in [0.5, 0.6) is 0 Å². The van der Waals surface area contributed by atoms with Crippen molar-refractivity contribution in [3.63, 3.8) is 0 Å². The first-order valence-corrected chi connectivity index (χ1v) is 9.20. The van der Waals surface area contributed by atoms with E-state index in [9.17, 15) is 4.79 Å². The minimum atomic E-state index is -0.100. The van der Waals surface area contributed by atoms with Gasteiger partial charge in [-0.15, -0.1) is 0 Å². The average molecular weight is 348 g/mol. The largest absolute Gasteiger partial charge is 0.382 e. The maximum absolute atomic E-state index is 11.7. The van der Waals surface area contributed by atoms with Crippen molar-refractivity contribution in [3.05, 3.63) is 35.4 Å². The minimum Gasteiger partial charge on any atom is -0.382 e. The molecule has 0 unspecified atom stereocenters. The summed E-state index contributed by atoms with van der Waals surface area (Å²) in [6.45, 7) is 9.61. The van der Waals surface area contributed by atoms with E-state index in [1.54, 1.807) is 7.11 Å². The van der Waals surface area contributed by atoms with Gasteiger partial charge in [0.05, 0.1) is 13.2 Å². The topological polar surface area (TPSA) is 50.8 Å². The summed E-state index contributed by atoms with van der Waals surface area (Å²) in [5, 5.41) is 2.87. The Morgan fingerprint density at radius 2 is 1.76 bits per heavy atom. The fourth-order valence-corrected chi connectivity index (χ4v) is 3.50. The first-order valence-electron chi connectivity index (χ1n) is 9.20. The number of amides is 1. The van der Waals surface area contributed by atoms with Gasteiger partial charge >= 0.3 is 0 Å². The van der Waals surface area contributed by atoms with E-state index in [-0.39, 0.29) is 12.5 Å². The number of ether oxygens (including phenoxy) is 2. The molecule has 2 rings (SSSR count). The van der Waals surface area contributed by atoms with Gasteiger partial charge in [0.25, 0.3) is 0 Å². The highest BCUT2D eigenvalue weighted by Gasteiger charge is 2.21. The summed E-state index contributed by atoms with van der Waals surface area (Å²) in [6.07, 6.45) is 1.34. The molecule has 0 aromatic heterocycles. The predicted octanol–water partition coefficient (Wildman–Crippen LogP) is 2.44. The van der Waals surface area contributed by atoms with Crippen molar-refractivity contribution < 1.29 is 14.3 Å². The number of likely N-dealkylation sites (tertiary alicyclic amines) is 1. The second-order valence-corrected chi connectivity index (χ2v) is 7.28. The van der Waals surface area contributed by atoms with Crippen LogP contribution < -0.4 is 5.32 Å². The van der Waals surface area contributed by atoms with Crippen molar-refractivity contribution in [2.45, 2.75) is 33.4 Å². The number of methoxy groups -OCH3 is 1. The third-order valence-corrected chi connectivity index (χ3v) is 4.53. The van der Waals surface area contributed by atoms with E-state index in [2.05, 4.69) is 48.3 Å². The Hall–Kier alpha value is -1.43. The number of rotatable bonds is 9. The number of piperidine rings is 1. The van der Waals surface area contributed by atoms with Crippen LogP contribution in [0.4, 0.5) is 0 Å². The predicted molar refractivity (Wildman–Crippen MR) is 99.2 cm³/mol. The molecule has 1 aromatic rings. The molecule has 0 spiro atoms. The third-order valence-electron chi connectivity index (χ3n) is 4.53. The molecular formula is C20H32N2O3. The first kappa shape index (κ1) is 19.9. The molecule has 1 N–H and O–H groups in total. The van der Waals surface area contributed by atoms with Crippen molar-refractivity contribution in [1.82, 2.24) is 10.2 Å². The van der Waals surface area contributed by atoms with Gasteiger partial charge in [-0.25, -0.2) is 0 Å². The molecule has 140 valence electrons. The Balaban J connectivity index is 1.71. The van der Waals surface area contributed by atoms with Crippen LogP contribution >= 0.6 is 0 Å². The molecule has 5 heteroatoms. The fraction of sp³-hybridized carbons (Fsp3) is 0.650. The average Bonchev–Trinajstić information content (AvgIpc) is 2.57. The molecule has 1 heterocycles. The zero-order valence-electron chi connectivity index (χ0n) is 15.8. The van der Waals surface area contributed by atoms with E-state index >= 15 is 0 Å². The van der Waals surface area contributed by atoms with Crippen LogP contribution in [0.3, 0.4) is 0 Å². The highest BCUT2D eigenvalue weighted by Crippen LogP contribution is 2.22. The van der Waals surface area contributed by atoms with Gasteiger partial charge in [0, 0.05) is 33.3 Å². The van der Waals surface area contributed by atoms with E-state index in [0.29, 0.717) is 19.8 Å².